The number of benzene rings is 1. The van der Waals surface area contributed by atoms with E-state index in [9.17, 15) is 9.90 Å². The van der Waals surface area contributed by atoms with Crippen molar-refractivity contribution in [2.45, 2.75) is 75.1 Å². The first-order valence-corrected chi connectivity index (χ1v) is 11.7. The summed E-state index contributed by atoms with van der Waals surface area (Å²) in [6, 6.07) is 10.5. The molecule has 1 aliphatic heterocycles. The van der Waals surface area contributed by atoms with Crippen molar-refractivity contribution in [2.24, 2.45) is 28.9 Å². The van der Waals surface area contributed by atoms with Crippen LogP contribution in [0.15, 0.2) is 30.3 Å². The highest BCUT2D eigenvalue weighted by Gasteiger charge is 2.64. The number of nitrogens with zero attached hydrogens (tertiary/aromatic N) is 2. The number of piperidine rings is 1. The Kier molecular flexibility index (Phi) is 4.97. The molecule has 6 atom stereocenters. The fourth-order valence-electron chi connectivity index (χ4n) is 8.03. The molecule has 1 aromatic rings. The number of aliphatic hydroxyl groups is 1. The van der Waals surface area contributed by atoms with Gasteiger partial charge in [0.15, 0.2) is 0 Å². The Bertz CT molecular complexity index is 940. The van der Waals surface area contributed by atoms with Gasteiger partial charge in [-0.3, -0.25) is 14.5 Å². The molecule has 6 aliphatic rings. The minimum Gasteiger partial charge on any atom is -0.465 e. The number of likely N-dealkylation sites (tertiary alicyclic amines) is 1. The van der Waals surface area contributed by atoms with Crippen molar-refractivity contribution in [3.05, 3.63) is 47.3 Å². The highest BCUT2D eigenvalue weighted by Crippen LogP contribution is 2.66. The van der Waals surface area contributed by atoms with Crippen LogP contribution in [0.1, 0.15) is 62.8 Å². The Morgan fingerprint density at radius 3 is 2.28 bits per heavy atom. The number of rotatable bonds is 3. The first-order valence-electron chi connectivity index (χ1n) is 11.7. The largest absolute Gasteiger partial charge is 0.465 e. The Morgan fingerprint density at radius 2 is 1.72 bits per heavy atom. The highest BCUT2D eigenvalue weighted by atomic mass is 16.4. The van der Waals surface area contributed by atoms with Crippen LogP contribution < -0.4 is 5.73 Å². The lowest BCUT2D eigenvalue weighted by Crippen LogP contribution is -2.59. The highest BCUT2D eigenvalue weighted by molar-refractivity contribution is 5.86. The summed E-state index contributed by atoms with van der Waals surface area (Å²) in [4.78, 5) is 28.6. The second-order valence-electron chi connectivity index (χ2n) is 10.9. The predicted octanol–water partition coefficient (Wildman–Crippen LogP) is 3.59. The van der Waals surface area contributed by atoms with E-state index in [1.807, 2.05) is 23.1 Å². The normalized spacial score (nSPS) is 41.1. The average molecular weight is 438 g/mol. The van der Waals surface area contributed by atoms with Gasteiger partial charge in [0.05, 0.1) is 11.5 Å². The second-order valence-corrected chi connectivity index (χ2v) is 10.9. The summed E-state index contributed by atoms with van der Waals surface area (Å²) in [5.74, 6) is 1.60. The van der Waals surface area contributed by atoms with Gasteiger partial charge in [0.25, 0.3) is 0 Å². The van der Waals surface area contributed by atoms with Crippen molar-refractivity contribution >= 4 is 12.0 Å². The molecule has 0 radical (unpaired) electrons. The maximum atomic E-state index is 14.1. The van der Waals surface area contributed by atoms with Crippen LogP contribution in [0.5, 0.6) is 0 Å². The molecule has 5 saturated carbocycles. The standard InChI is InChI=1S/C24H28N2O2.CH3NO2/c1-25-20-9-18-8-19(18)26(20)22(27)21(17-5-3-2-4-6-17)23-10-15-7-16(11-23)13-24(28,12-15)14-23;2-1(3)4/h2-6,15-16,18-21,28H,7-14H2;2H2,(H,3,4)/t15?,16?,18-,19-,20-,21?,23?,24?;/m0./s1. The number of hydrogen-bond acceptors (Lipinski definition) is 3. The molecule has 4 N–H and O–H groups in total. The molecule has 1 aromatic carbocycles. The molecule has 1 heterocycles. The fourth-order valence-corrected chi connectivity index (χ4v) is 8.03. The summed E-state index contributed by atoms with van der Waals surface area (Å²) in [5, 5.41) is 18.5. The van der Waals surface area contributed by atoms with E-state index >= 15 is 0 Å². The number of carboxylic acid groups (broad SMARTS) is 1. The van der Waals surface area contributed by atoms with Crippen LogP contribution >= 0.6 is 0 Å². The van der Waals surface area contributed by atoms with Gasteiger partial charge in [-0.2, -0.15) is 0 Å². The van der Waals surface area contributed by atoms with Crippen LogP contribution in [0.2, 0.25) is 0 Å². The Labute approximate surface area is 188 Å². The molecule has 7 nitrogen and oxygen atoms in total. The van der Waals surface area contributed by atoms with Crippen molar-refractivity contribution in [3.63, 3.8) is 0 Å². The quantitative estimate of drug-likeness (QED) is 0.628. The number of amides is 2. The van der Waals surface area contributed by atoms with Crippen LogP contribution in [-0.4, -0.2) is 44.9 Å². The van der Waals surface area contributed by atoms with Gasteiger partial charge in [0, 0.05) is 12.5 Å². The van der Waals surface area contributed by atoms with Gasteiger partial charge in [-0.1, -0.05) is 30.3 Å². The molecule has 4 bridgehead atoms. The fraction of sp³-hybridized carbons (Fsp3) is 0.640. The maximum Gasteiger partial charge on any atom is 0.402 e. The summed E-state index contributed by atoms with van der Waals surface area (Å²) in [6.45, 7) is 7.62. The maximum absolute atomic E-state index is 14.1. The molecule has 7 rings (SSSR count). The van der Waals surface area contributed by atoms with E-state index in [0.717, 1.165) is 50.5 Å². The molecule has 2 amide bonds. The zero-order valence-corrected chi connectivity index (χ0v) is 18.2. The summed E-state index contributed by atoms with van der Waals surface area (Å²) in [7, 11) is 0. The van der Waals surface area contributed by atoms with Crippen LogP contribution in [0.3, 0.4) is 0 Å². The van der Waals surface area contributed by atoms with Crippen molar-refractivity contribution < 1.29 is 19.8 Å². The van der Waals surface area contributed by atoms with E-state index in [1.165, 1.54) is 6.42 Å². The number of nitrogens with two attached hydrogens (primary N) is 1. The van der Waals surface area contributed by atoms with Gasteiger partial charge in [-0.25, -0.2) is 11.4 Å². The molecule has 3 unspecified atom stereocenters. The van der Waals surface area contributed by atoms with E-state index in [0.29, 0.717) is 17.8 Å². The van der Waals surface area contributed by atoms with Crippen LogP contribution in [0, 0.1) is 29.7 Å². The molecular weight excluding hydrogens is 406 g/mol. The van der Waals surface area contributed by atoms with Gasteiger partial charge in [-0.05, 0) is 73.7 Å². The van der Waals surface area contributed by atoms with E-state index in [-0.39, 0.29) is 29.4 Å². The lowest BCUT2D eigenvalue weighted by atomic mass is 9.44. The third-order valence-corrected chi connectivity index (χ3v) is 8.55. The number of hydrogen-bond donors (Lipinski definition) is 3. The number of fused-ring (bicyclic) bond motifs is 1. The van der Waals surface area contributed by atoms with Crippen LogP contribution in [0.25, 0.3) is 4.85 Å². The first-order chi connectivity index (χ1) is 15.2. The third-order valence-electron chi connectivity index (χ3n) is 8.55. The summed E-state index contributed by atoms with van der Waals surface area (Å²) in [6.07, 6.45) is 6.23. The minimum atomic E-state index is -1.33. The molecule has 0 spiro atoms. The molecular formula is C25H31N3O4. The lowest BCUT2D eigenvalue weighted by molar-refractivity contribution is -0.178. The first kappa shape index (κ1) is 21.3. The Hall–Kier alpha value is -2.59. The zero-order chi connectivity index (χ0) is 22.7. The second kappa shape index (κ2) is 7.48. The summed E-state index contributed by atoms with van der Waals surface area (Å²) in [5.41, 5.74) is 4.39. The summed E-state index contributed by atoms with van der Waals surface area (Å²) < 4.78 is 0. The Balaban J connectivity index is 0.000000501. The number of carbonyl (C=O) groups excluding carboxylic acids is 1. The van der Waals surface area contributed by atoms with E-state index < -0.39 is 11.7 Å². The van der Waals surface area contributed by atoms with Crippen molar-refractivity contribution in [1.29, 1.82) is 0 Å². The minimum absolute atomic E-state index is 0.142. The Morgan fingerprint density at radius 1 is 1.09 bits per heavy atom. The smallest absolute Gasteiger partial charge is 0.402 e. The van der Waals surface area contributed by atoms with Gasteiger partial charge in [0.1, 0.15) is 0 Å². The van der Waals surface area contributed by atoms with Crippen molar-refractivity contribution in [2.75, 3.05) is 0 Å². The molecule has 7 heteroatoms. The zero-order valence-electron chi connectivity index (χ0n) is 18.2. The topological polar surface area (TPSA) is 108 Å². The molecule has 0 aromatic heterocycles. The average Bonchev–Trinajstić information content (AvgIpc) is 3.36. The molecule has 170 valence electrons. The molecule has 1 saturated heterocycles. The number of carbonyl (C=O) groups is 2. The molecule has 6 fully saturated rings. The van der Waals surface area contributed by atoms with Gasteiger partial charge >= 0.3 is 12.3 Å². The number of primary amides is 1. The third kappa shape index (κ3) is 3.55. The molecule has 32 heavy (non-hydrogen) atoms. The van der Waals surface area contributed by atoms with Crippen molar-refractivity contribution in [3.8, 4) is 0 Å². The van der Waals surface area contributed by atoms with Crippen LogP contribution in [0.4, 0.5) is 4.79 Å². The predicted molar refractivity (Wildman–Crippen MR) is 117 cm³/mol. The molecule has 5 aliphatic carbocycles. The lowest BCUT2D eigenvalue weighted by Gasteiger charge is -2.62. The van der Waals surface area contributed by atoms with E-state index in [4.69, 9.17) is 16.5 Å². The van der Waals surface area contributed by atoms with E-state index in [2.05, 4.69) is 22.7 Å². The van der Waals surface area contributed by atoms with Crippen molar-refractivity contribution in [1.82, 2.24) is 4.90 Å². The van der Waals surface area contributed by atoms with Gasteiger partial charge < -0.3 is 15.9 Å². The monoisotopic (exact) mass is 437 g/mol. The van der Waals surface area contributed by atoms with Gasteiger partial charge in [-0.15, -0.1) is 0 Å². The summed E-state index contributed by atoms with van der Waals surface area (Å²) >= 11 is 0. The van der Waals surface area contributed by atoms with E-state index in [1.54, 1.807) is 0 Å². The SMILES string of the molecule is NC(=O)O.[C-]#[N+][C@@H]1C[C@@H]2C[C@@H]2N1C(=O)C(c1ccccc1)C12CC3CC(CC(O)(C3)C1)C2. The van der Waals surface area contributed by atoms with Gasteiger partial charge in [0.2, 0.25) is 5.91 Å². The van der Waals surface area contributed by atoms with Crippen LogP contribution in [-0.2, 0) is 4.79 Å².